The van der Waals surface area contributed by atoms with E-state index in [1.165, 1.54) is 17.9 Å². The Hall–Kier alpha value is -3.58. The van der Waals surface area contributed by atoms with Gasteiger partial charge in [0, 0.05) is 6.08 Å². The summed E-state index contributed by atoms with van der Waals surface area (Å²) in [6.07, 6.45) is 4.65. The van der Waals surface area contributed by atoms with E-state index >= 15 is 0 Å². The van der Waals surface area contributed by atoms with Gasteiger partial charge in [0.1, 0.15) is 12.4 Å². The van der Waals surface area contributed by atoms with Gasteiger partial charge in [-0.25, -0.2) is 5.43 Å². The van der Waals surface area contributed by atoms with Crippen molar-refractivity contribution >= 4 is 34.1 Å². The molecule has 3 aromatic rings. The summed E-state index contributed by atoms with van der Waals surface area (Å²) in [7, 11) is 3.18. The first-order chi connectivity index (χ1) is 16.0. The van der Waals surface area contributed by atoms with Gasteiger partial charge in [0.05, 0.1) is 24.9 Å². The number of amides is 1. The van der Waals surface area contributed by atoms with Crippen molar-refractivity contribution < 1.29 is 19.0 Å². The smallest absolute Gasteiger partial charge is 0.264 e. The molecule has 1 N–H and O–H groups in total. The molecule has 0 atom stereocenters. The third kappa shape index (κ3) is 7.22. The van der Waals surface area contributed by atoms with Crippen molar-refractivity contribution in [1.82, 2.24) is 5.43 Å². The van der Waals surface area contributed by atoms with E-state index in [-0.39, 0.29) is 5.91 Å². The number of rotatable bonds is 9. The van der Waals surface area contributed by atoms with Crippen LogP contribution >= 0.6 is 15.9 Å². The lowest BCUT2D eigenvalue weighted by molar-refractivity contribution is -0.116. The maximum Gasteiger partial charge on any atom is 0.264 e. The van der Waals surface area contributed by atoms with Gasteiger partial charge < -0.3 is 14.2 Å². The third-order valence-electron chi connectivity index (χ3n) is 4.69. The Morgan fingerprint density at radius 3 is 2.39 bits per heavy atom. The minimum Gasteiger partial charge on any atom is -0.497 e. The number of nitrogens with one attached hydrogen (secondary N) is 1. The van der Waals surface area contributed by atoms with E-state index in [0.717, 1.165) is 26.9 Å². The minimum absolute atomic E-state index is 0.342. The number of nitrogens with zero attached hydrogens (tertiary/aromatic N) is 1. The summed E-state index contributed by atoms with van der Waals surface area (Å²) in [5.41, 5.74) is 6.35. The number of methoxy groups -OCH3 is 2. The molecule has 0 radical (unpaired) electrons. The molecule has 170 valence electrons. The molecule has 1 amide bonds. The average Bonchev–Trinajstić information content (AvgIpc) is 2.83. The quantitative estimate of drug-likeness (QED) is 0.235. The molecular formula is C26H25BrN2O4. The normalized spacial score (nSPS) is 11.0. The van der Waals surface area contributed by atoms with Crippen LogP contribution in [0.2, 0.25) is 0 Å². The number of benzene rings is 3. The number of carbonyl (C=O) groups is 1. The summed E-state index contributed by atoms with van der Waals surface area (Å²) >= 11 is 3.53. The van der Waals surface area contributed by atoms with E-state index in [1.54, 1.807) is 26.4 Å². The highest BCUT2D eigenvalue weighted by molar-refractivity contribution is 9.10. The SMILES string of the molecule is COc1ccc(/C=C/C(=O)N/N=C\c2cc(Br)c(OCc3ccc(C)cc3)c(OC)c2)cc1. The third-order valence-corrected chi connectivity index (χ3v) is 5.28. The van der Waals surface area contributed by atoms with Crippen LogP contribution in [0.5, 0.6) is 17.2 Å². The van der Waals surface area contributed by atoms with Crippen molar-refractivity contribution in [2.75, 3.05) is 14.2 Å². The van der Waals surface area contributed by atoms with Crippen molar-refractivity contribution in [3.8, 4) is 17.2 Å². The van der Waals surface area contributed by atoms with Crippen molar-refractivity contribution in [3.63, 3.8) is 0 Å². The van der Waals surface area contributed by atoms with Crippen molar-refractivity contribution in [2.45, 2.75) is 13.5 Å². The lowest BCUT2D eigenvalue weighted by atomic mass is 10.2. The van der Waals surface area contributed by atoms with E-state index < -0.39 is 0 Å². The van der Waals surface area contributed by atoms with Crippen LogP contribution in [0.4, 0.5) is 0 Å². The number of halogens is 1. The standard InChI is InChI=1S/C26H25BrN2O4/c1-18-4-6-20(7-5-18)17-33-26-23(27)14-21(15-24(26)32-3)16-28-29-25(30)13-10-19-8-11-22(31-2)12-9-19/h4-16H,17H2,1-3H3,(H,29,30)/b13-10+,28-16-. The molecule has 0 heterocycles. The van der Waals surface area contributed by atoms with Gasteiger partial charge in [-0.15, -0.1) is 0 Å². The van der Waals surface area contributed by atoms with Gasteiger partial charge >= 0.3 is 0 Å². The van der Waals surface area contributed by atoms with E-state index in [2.05, 4.69) is 26.5 Å². The molecule has 0 aliphatic heterocycles. The molecule has 7 heteroatoms. The van der Waals surface area contributed by atoms with Crippen molar-refractivity contribution in [3.05, 3.63) is 93.5 Å². The van der Waals surface area contributed by atoms with Crippen LogP contribution in [0.15, 0.2) is 76.3 Å². The van der Waals surface area contributed by atoms with E-state index in [4.69, 9.17) is 14.2 Å². The zero-order chi connectivity index (χ0) is 23.6. The molecule has 33 heavy (non-hydrogen) atoms. The first-order valence-corrected chi connectivity index (χ1v) is 11.0. The highest BCUT2D eigenvalue weighted by Crippen LogP contribution is 2.36. The maximum atomic E-state index is 12.0. The monoisotopic (exact) mass is 508 g/mol. The first kappa shape index (κ1) is 24.1. The van der Waals surface area contributed by atoms with Crippen LogP contribution in [-0.4, -0.2) is 26.3 Å². The molecule has 0 aliphatic carbocycles. The largest absolute Gasteiger partial charge is 0.497 e. The maximum absolute atomic E-state index is 12.0. The summed E-state index contributed by atoms with van der Waals surface area (Å²) < 4.78 is 17.3. The van der Waals surface area contributed by atoms with Crippen LogP contribution in [0.1, 0.15) is 22.3 Å². The van der Waals surface area contributed by atoms with Gasteiger partial charge in [-0.05, 0) is 69.9 Å². The number of hydrogen-bond donors (Lipinski definition) is 1. The van der Waals surface area contributed by atoms with Gasteiger partial charge in [0.15, 0.2) is 11.5 Å². The Bertz CT molecular complexity index is 1140. The number of hydrogen-bond acceptors (Lipinski definition) is 5. The molecular weight excluding hydrogens is 484 g/mol. The predicted octanol–water partition coefficient (Wildman–Crippen LogP) is 5.52. The zero-order valence-corrected chi connectivity index (χ0v) is 20.3. The highest BCUT2D eigenvalue weighted by atomic mass is 79.9. The lowest BCUT2D eigenvalue weighted by Crippen LogP contribution is -2.14. The zero-order valence-electron chi connectivity index (χ0n) is 18.7. The molecule has 0 unspecified atom stereocenters. The molecule has 6 nitrogen and oxygen atoms in total. The van der Waals surface area contributed by atoms with Crippen LogP contribution in [0.25, 0.3) is 6.08 Å². The summed E-state index contributed by atoms with van der Waals surface area (Å²) in [6, 6.07) is 19.2. The molecule has 3 rings (SSSR count). The number of hydrazone groups is 1. The second-order valence-corrected chi connectivity index (χ2v) is 8.00. The summed E-state index contributed by atoms with van der Waals surface area (Å²) in [4.78, 5) is 12.0. The average molecular weight is 509 g/mol. The summed E-state index contributed by atoms with van der Waals surface area (Å²) in [5.74, 6) is 1.57. The lowest BCUT2D eigenvalue weighted by Gasteiger charge is -2.13. The fraction of sp³-hybridized carbons (Fsp3) is 0.154. The van der Waals surface area contributed by atoms with E-state index in [1.807, 2.05) is 61.5 Å². The minimum atomic E-state index is -0.342. The molecule has 0 saturated heterocycles. The Morgan fingerprint density at radius 1 is 1.00 bits per heavy atom. The Morgan fingerprint density at radius 2 is 1.73 bits per heavy atom. The number of carbonyl (C=O) groups excluding carboxylic acids is 1. The summed E-state index contributed by atoms with van der Waals surface area (Å²) in [6.45, 7) is 2.46. The van der Waals surface area contributed by atoms with E-state index in [9.17, 15) is 4.79 Å². The van der Waals surface area contributed by atoms with E-state index in [0.29, 0.717) is 18.1 Å². The van der Waals surface area contributed by atoms with Gasteiger partial charge in [-0.1, -0.05) is 42.0 Å². The van der Waals surface area contributed by atoms with Crippen LogP contribution in [0, 0.1) is 6.92 Å². The molecule has 0 spiro atoms. The van der Waals surface area contributed by atoms with Gasteiger partial charge in [0.2, 0.25) is 0 Å². The van der Waals surface area contributed by atoms with Gasteiger partial charge in [0.25, 0.3) is 5.91 Å². The van der Waals surface area contributed by atoms with Crippen molar-refractivity contribution in [2.24, 2.45) is 5.10 Å². The topological polar surface area (TPSA) is 69.2 Å². The molecule has 0 aliphatic rings. The number of aryl methyl sites for hydroxylation is 1. The Balaban J connectivity index is 1.60. The first-order valence-electron chi connectivity index (χ1n) is 10.2. The second-order valence-electron chi connectivity index (χ2n) is 7.15. The fourth-order valence-corrected chi connectivity index (χ4v) is 3.46. The van der Waals surface area contributed by atoms with Crippen molar-refractivity contribution in [1.29, 1.82) is 0 Å². The van der Waals surface area contributed by atoms with Gasteiger partial charge in [-0.2, -0.15) is 5.10 Å². The molecule has 0 aromatic heterocycles. The Kier molecular flexibility index (Phi) is 8.66. The fourth-order valence-electron chi connectivity index (χ4n) is 2.89. The Labute approximate surface area is 202 Å². The van der Waals surface area contributed by atoms with Crippen LogP contribution in [-0.2, 0) is 11.4 Å². The molecule has 0 saturated carbocycles. The highest BCUT2D eigenvalue weighted by Gasteiger charge is 2.11. The summed E-state index contributed by atoms with van der Waals surface area (Å²) in [5, 5.41) is 4.02. The molecule has 0 fully saturated rings. The second kappa shape index (κ2) is 11.9. The van der Waals surface area contributed by atoms with Gasteiger partial charge in [-0.3, -0.25) is 4.79 Å². The van der Waals surface area contributed by atoms with Crippen LogP contribution < -0.4 is 19.6 Å². The molecule has 3 aromatic carbocycles. The number of ether oxygens (including phenoxy) is 3. The predicted molar refractivity (Wildman–Crippen MR) is 134 cm³/mol. The molecule has 0 bridgehead atoms. The van der Waals surface area contributed by atoms with Crippen LogP contribution in [0.3, 0.4) is 0 Å².